The quantitative estimate of drug-likeness (QED) is 0.736. The van der Waals surface area contributed by atoms with Gasteiger partial charge in [-0.3, -0.25) is 4.90 Å². The van der Waals surface area contributed by atoms with E-state index in [1.54, 1.807) is 4.90 Å². The number of thioether (sulfide) groups is 1. The van der Waals surface area contributed by atoms with Gasteiger partial charge in [-0.15, -0.1) is 11.8 Å². The molecular weight excluding hydrogens is 282 g/mol. The molecule has 2 fully saturated rings. The highest BCUT2D eigenvalue weighted by Crippen LogP contribution is 2.23. The van der Waals surface area contributed by atoms with E-state index in [2.05, 4.69) is 4.90 Å². The van der Waals surface area contributed by atoms with Crippen LogP contribution in [0.4, 0.5) is 4.79 Å². The lowest BCUT2D eigenvalue weighted by Crippen LogP contribution is -2.49. The molecule has 114 valence electrons. The highest BCUT2D eigenvalue weighted by atomic mass is 32.2. The Balaban J connectivity index is 1.93. The van der Waals surface area contributed by atoms with Crippen molar-refractivity contribution in [2.24, 2.45) is 0 Å². The van der Waals surface area contributed by atoms with E-state index in [-0.39, 0.29) is 12.6 Å². The van der Waals surface area contributed by atoms with E-state index >= 15 is 0 Å². The second-order valence-corrected chi connectivity index (χ2v) is 6.01. The summed E-state index contributed by atoms with van der Waals surface area (Å²) < 4.78 is 0. The summed E-state index contributed by atoms with van der Waals surface area (Å²) in [5.41, 5.74) is 0. The Bertz CT molecular complexity index is 369. The Labute approximate surface area is 122 Å². The zero-order valence-electron chi connectivity index (χ0n) is 11.4. The molecular formula is C12H21N3O4S. The van der Waals surface area contributed by atoms with Crippen molar-refractivity contribution < 1.29 is 19.8 Å². The lowest BCUT2D eigenvalue weighted by atomic mass is 10.3. The van der Waals surface area contributed by atoms with Crippen LogP contribution in [0, 0.1) is 0 Å². The summed E-state index contributed by atoms with van der Waals surface area (Å²) >= 11 is 1.48. The molecule has 0 bridgehead atoms. The van der Waals surface area contributed by atoms with Crippen LogP contribution in [0.5, 0.6) is 0 Å². The van der Waals surface area contributed by atoms with Crippen molar-refractivity contribution in [1.29, 1.82) is 0 Å². The maximum absolute atomic E-state index is 12.4. The van der Waals surface area contributed by atoms with E-state index in [9.17, 15) is 9.59 Å². The molecule has 0 unspecified atom stereocenters. The predicted molar refractivity (Wildman–Crippen MR) is 75.7 cm³/mol. The number of rotatable bonds is 3. The molecule has 7 nitrogen and oxygen atoms in total. The number of urea groups is 1. The van der Waals surface area contributed by atoms with E-state index in [1.807, 2.05) is 0 Å². The van der Waals surface area contributed by atoms with Crippen molar-refractivity contribution in [2.45, 2.75) is 12.5 Å². The van der Waals surface area contributed by atoms with E-state index in [1.165, 1.54) is 16.7 Å². The molecule has 0 saturated carbocycles. The third kappa shape index (κ3) is 3.56. The number of hydrogen-bond acceptors (Lipinski definition) is 5. The van der Waals surface area contributed by atoms with Gasteiger partial charge in [0.25, 0.3) is 0 Å². The predicted octanol–water partition coefficient (Wildman–Crippen LogP) is -0.434. The number of aliphatic hydroxyl groups is 1. The number of carbonyl (C=O) groups excluding carboxylic acids is 1. The maximum Gasteiger partial charge on any atom is 0.327 e. The van der Waals surface area contributed by atoms with Gasteiger partial charge in [0, 0.05) is 31.9 Å². The van der Waals surface area contributed by atoms with E-state index in [0.717, 1.165) is 19.5 Å². The Morgan fingerprint density at radius 3 is 2.70 bits per heavy atom. The van der Waals surface area contributed by atoms with Crippen LogP contribution in [0.3, 0.4) is 0 Å². The van der Waals surface area contributed by atoms with Crippen LogP contribution >= 0.6 is 11.8 Å². The second-order valence-electron chi connectivity index (χ2n) is 5.01. The lowest BCUT2D eigenvalue weighted by Gasteiger charge is -2.29. The highest BCUT2D eigenvalue weighted by molar-refractivity contribution is 7.99. The minimum atomic E-state index is -0.930. The van der Waals surface area contributed by atoms with Crippen LogP contribution in [0.25, 0.3) is 0 Å². The Kier molecular flexibility index (Phi) is 5.50. The highest BCUT2D eigenvalue weighted by Gasteiger charge is 2.37. The third-order valence-corrected chi connectivity index (χ3v) is 4.70. The fourth-order valence-electron chi connectivity index (χ4n) is 2.54. The Morgan fingerprint density at radius 1 is 1.20 bits per heavy atom. The molecule has 0 aromatic carbocycles. The number of carboxylic acid groups (broad SMARTS) is 1. The first-order valence-electron chi connectivity index (χ1n) is 6.83. The number of aliphatic hydroxyl groups excluding tert-OH is 1. The molecule has 1 atom stereocenters. The summed E-state index contributed by atoms with van der Waals surface area (Å²) in [6.07, 6.45) is 0.852. The smallest absolute Gasteiger partial charge is 0.327 e. The van der Waals surface area contributed by atoms with Crippen LogP contribution < -0.4 is 0 Å². The largest absolute Gasteiger partial charge is 0.480 e. The van der Waals surface area contributed by atoms with Gasteiger partial charge in [-0.1, -0.05) is 0 Å². The molecule has 0 radical (unpaired) electrons. The number of carbonyl (C=O) groups is 2. The molecule has 2 saturated heterocycles. The molecule has 0 aromatic heterocycles. The van der Waals surface area contributed by atoms with Gasteiger partial charge < -0.3 is 20.0 Å². The first-order valence-corrected chi connectivity index (χ1v) is 7.98. The number of hydrogen-bond donors (Lipinski definition) is 2. The van der Waals surface area contributed by atoms with Crippen molar-refractivity contribution in [1.82, 2.24) is 14.7 Å². The number of β-amino-alcohol motifs (C(OH)–C–C–N with tert-alkyl or cyclic N) is 1. The molecule has 0 spiro atoms. The normalized spacial score (nSPS) is 24.8. The lowest BCUT2D eigenvalue weighted by molar-refractivity contribution is -0.140. The standard InChI is InChI=1S/C12H21N3O4S/c16-7-6-13-2-1-3-14(5-4-13)12(19)15-9-20-8-10(15)11(17)18/h10,16H,1-9H2,(H,17,18)/t10-/m0/s1. The van der Waals surface area contributed by atoms with Gasteiger partial charge in [-0.05, 0) is 13.0 Å². The summed E-state index contributed by atoms with van der Waals surface area (Å²) in [5.74, 6) is -0.0156. The first-order chi connectivity index (χ1) is 9.63. The van der Waals surface area contributed by atoms with Crippen molar-refractivity contribution in [3.05, 3.63) is 0 Å². The molecule has 8 heteroatoms. The van der Waals surface area contributed by atoms with E-state index in [4.69, 9.17) is 10.2 Å². The molecule has 2 aliphatic heterocycles. The molecule has 2 aliphatic rings. The van der Waals surface area contributed by atoms with Gasteiger partial charge in [0.05, 0.1) is 12.5 Å². The van der Waals surface area contributed by atoms with Crippen LogP contribution in [-0.2, 0) is 4.79 Å². The maximum atomic E-state index is 12.4. The average molecular weight is 303 g/mol. The summed E-state index contributed by atoms with van der Waals surface area (Å²) in [7, 11) is 0. The zero-order valence-corrected chi connectivity index (χ0v) is 12.2. The number of carboxylic acids is 1. The second kappa shape index (κ2) is 7.14. The molecule has 0 aromatic rings. The SMILES string of the molecule is O=C(O)[C@@H]1CSCN1C(=O)N1CCCN(CCO)CC1. The first kappa shape index (κ1) is 15.4. The molecule has 2 amide bonds. The van der Waals surface area contributed by atoms with Gasteiger partial charge in [0.1, 0.15) is 6.04 Å². The van der Waals surface area contributed by atoms with Crippen molar-refractivity contribution in [2.75, 3.05) is 51.0 Å². The van der Waals surface area contributed by atoms with Gasteiger partial charge in [-0.2, -0.15) is 0 Å². The number of aliphatic carboxylic acids is 1. The topological polar surface area (TPSA) is 84.3 Å². The average Bonchev–Trinajstić information content (AvgIpc) is 2.80. The van der Waals surface area contributed by atoms with Gasteiger partial charge in [0.2, 0.25) is 0 Å². The van der Waals surface area contributed by atoms with Crippen LogP contribution in [0.1, 0.15) is 6.42 Å². The van der Waals surface area contributed by atoms with Crippen molar-refractivity contribution in [3.8, 4) is 0 Å². The van der Waals surface area contributed by atoms with Crippen molar-refractivity contribution >= 4 is 23.8 Å². The van der Waals surface area contributed by atoms with Gasteiger partial charge in [-0.25, -0.2) is 9.59 Å². The minimum Gasteiger partial charge on any atom is -0.480 e. The van der Waals surface area contributed by atoms with E-state index in [0.29, 0.717) is 31.3 Å². The fourth-order valence-corrected chi connectivity index (χ4v) is 3.68. The molecule has 2 rings (SSSR count). The molecule has 2 N–H and O–H groups in total. The van der Waals surface area contributed by atoms with Gasteiger partial charge in [0.15, 0.2) is 0 Å². The summed E-state index contributed by atoms with van der Waals surface area (Å²) in [6, 6.07) is -0.877. The van der Waals surface area contributed by atoms with Crippen LogP contribution in [0.2, 0.25) is 0 Å². The van der Waals surface area contributed by atoms with Crippen molar-refractivity contribution in [3.63, 3.8) is 0 Å². The molecule has 2 heterocycles. The molecule has 20 heavy (non-hydrogen) atoms. The Hall–Kier alpha value is -0.990. The van der Waals surface area contributed by atoms with E-state index < -0.39 is 12.0 Å². The van der Waals surface area contributed by atoms with Gasteiger partial charge >= 0.3 is 12.0 Å². The number of nitrogens with zero attached hydrogens (tertiary/aromatic N) is 3. The zero-order chi connectivity index (χ0) is 14.5. The third-order valence-electron chi connectivity index (χ3n) is 3.69. The van der Waals surface area contributed by atoms with Crippen LogP contribution in [-0.4, -0.2) is 93.9 Å². The molecule has 0 aliphatic carbocycles. The fraction of sp³-hybridized carbons (Fsp3) is 0.833. The minimum absolute atomic E-state index is 0.123. The summed E-state index contributed by atoms with van der Waals surface area (Å²) in [6.45, 7) is 3.57. The summed E-state index contributed by atoms with van der Waals surface area (Å²) in [4.78, 5) is 28.9. The monoisotopic (exact) mass is 303 g/mol. The number of amides is 2. The summed E-state index contributed by atoms with van der Waals surface area (Å²) in [5, 5.41) is 18.1. The Morgan fingerprint density at radius 2 is 2.00 bits per heavy atom. The van der Waals surface area contributed by atoms with Crippen LogP contribution in [0.15, 0.2) is 0 Å².